The zero-order valence-corrected chi connectivity index (χ0v) is 5.35. The fraction of sp³-hybridized carbons (Fsp3) is 0. The SMILES string of the molecule is B.[Cu].[Fe].[Nb].[SiH4]. The Balaban J connectivity index is 0. The molecule has 0 atom stereocenters. The van der Waals surface area contributed by atoms with Crippen LogP contribution in [0.4, 0.5) is 0 Å². The van der Waals surface area contributed by atoms with E-state index in [-0.39, 0.29) is 75.9 Å². The van der Waals surface area contributed by atoms with Gasteiger partial charge in [-0.15, -0.1) is 0 Å². The molecule has 2 radical (unpaired) electrons. The zero-order valence-electron chi connectivity index (χ0n) is 1.10. The molecule has 0 aromatic rings. The molecule has 0 spiro atoms. The maximum absolute atomic E-state index is 0. The number of rotatable bonds is 0. The van der Waals surface area contributed by atoms with Crippen LogP contribution in [0.3, 0.4) is 0 Å². The average molecular weight is 258 g/mol. The van der Waals surface area contributed by atoms with E-state index < -0.39 is 0 Å². The van der Waals surface area contributed by atoms with Crippen LogP contribution in [0, 0.1) is 0 Å². The maximum atomic E-state index is 0. The Labute approximate surface area is 75.3 Å². The molecule has 0 fully saturated rings. The predicted octanol–water partition coefficient (Wildman–Crippen LogP) is -2.64. The van der Waals surface area contributed by atoms with Crippen LogP contribution >= 0.6 is 0 Å². The van der Waals surface area contributed by atoms with Gasteiger partial charge in [0.1, 0.15) is 0 Å². The van der Waals surface area contributed by atoms with Crippen molar-refractivity contribution in [2.45, 2.75) is 0 Å². The van der Waals surface area contributed by atoms with E-state index in [2.05, 4.69) is 0 Å². The van der Waals surface area contributed by atoms with E-state index >= 15 is 0 Å². The van der Waals surface area contributed by atoms with Crippen molar-refractivity contribution in [3.8, 4) is 0 Å². The van der Waals surface area contributed by atoms with Gasteiger partial charge in [-0.2, -0.15) is 0 Å². The van der Waals surface area contributed by atoms with Crippen molar-refractivity contribution < 1.29 is 56.5 Å². The molecule has 0 rings (SSSR count). The van der Waals surface area contributed by atoms with Crippen LogP contribution in [0.5, 0.6) is 0 Å². The van der Waals surface area contributed by atoms with Crippen LogP contribution in [0.2, 0.25) is 0 Å². The first kappa shape index (κ1) is 61.1. The first-order chi connectivity index (χ1) is 0. The first-order valence-electron chi connectivity index (χ1n) is 0. The fourth-order valence-electron chi connectivity index (χ4n) is 0. The van der Waals surface area contributed by atoms with Crippen molar-refractivity contribution in [2.75, 3.05) is 0 Å². The molecule has 0 aliphatic carbocycles. The van der Waals surface area contributed by atoms with E-state index in [0.29, 0.717) is 0 Å². The molecule has 0 aliphatic rings. The van der Waals surface area contributed by atoms with Crippen LogP contribution < -0.4 is 0 Å². The van der Waals surface area contributed by atoms with Gasteiger partial charge in [0.2, 0.25) is 0 Å². The summed E-state index contributed by atoms with van der Waals surface area (Å²) < 4.78 is 0. The summed E-state index contributed by atoms with van der Waals surface area (Å²) in [5, 5.41) is 0. The van der Waals surface area contributed by atoms with Crippen LogP contribution in [-0.4, -0.2) is 19.4 Å². The van der Waals surface area contributed by atoms with Crippen molar-refractivity contribution in [2.24, 2.45) is 0 Å². The standard InChI is InChI=1S/BH3.Cu.Fe.Nb.H4Si/h1H3;;;;1H4. The molecule has 0 aliphatic heterocycles. The molecule has 0 unspecified atom stereocenters. The fourth-order valence-corrected chi connectivity index (χ4v) is 0. The summed E-state index contributed by atoms with van der Waals surface area (Å²) in [4.78, 5) is 0. The van der Waals surface area contributed by atoms with Gasteiger partial charge >= 0.3 is 0 Å². The van der Waals surface area contributed by atoms with Crippen molar-refractivity contribution in [3.05, 3.63) is 0 Å². The topological polar surface area (TPSA) is 0 Å². The van der Waals surface area contributed by atoms with Crippen LogP contribution in [-0.2, 0) is 56.5 Å². The van der Waals surface area contributed by atoms with E-state index in [4.69, 9.17) is 0 Å². The second-order valence-electron chi connectivity index (χ2n) is 0. The predicted molar refractivity (Wildman–Crippen MR) is 21.3 cm³/mol. The summed E-state index contributed by atoms with van der Waals surface area (Å²) in [5.74, 6) is 0. The van der Waals surface area contributed by atoms with Crippen LogP contribution in [0.1, 0.15) is 0 Å². The van der Waals surface area contributed by atoms with Crippen LogP contribution in [0.25, 0.3) is 0 Å². The van der Waals surface area contributed by atoms with Gasteiger partial charge in [0, 0.05) is 56.5 Å². The molecule has 0 aromatic heterocycles. The van der Waals surface area contributed by atoms with E-state index in [1.54, 1.807) is 0 Å². The molecule has 5 heteroatoms. The van der Waals surface area contributed by atoms with Crippen molar-refractivity contribution in [3.63, 3.8) is 0 Å². The van der Waals surface area contributed by atoms with Gasteiger partial charge in [-0.05, 0) is 11.0 Å². The summed E-state index contributed by atoms with van der Waals surface area (Å²) >= 11 is 0. The largest absolute Gasteiger partial charge is 0.0814 e. The monoisotopic (exact) mass is 258 g/mol. The Kier molecular flexibility index (Phi) is 446. The molecule has 0 aromatic carbocycles. The van der Waals surface area contributed by atoms with Crippen molar-refractivity contribution in [1.29, 1.82) is 0 Å². The van der Waals surface area contributed by atoms with Crippen molar-refractivity contribution in [1.82, 2.24) is 0 Å². The molecule has 38 valence electrons. The molecular formula is H7BCuFeNbSi. The zero-order chi connectivity index (χ0) is 0. The molecule has 5 heavy (non-hydrogen) atoms. The van der Waals surface area contributed by atoms with Gasteiger partial charge in [0.05, 0.1) is 8.41 Å². The van der Waals surface area contributed by atoms with Gasteiger partial charge < -0.3 is 0 Å². The summed E-state index contributed by atoms with van der Waals surface area (Å²) in [7, 11) is 0. The Morgan fingerprint density at radius 3 is 1.00 bits per heavy atom. The van der Waals surface area contributed by atoms with Gasteiger partial charge in [-0.1, -0.05) is 0 Å². The maximum Gasteiger partial charge on any atom is 0.0814 e. The summed E-state index contributed by atoms with van der Waals surface area (Å²) in [6, 6.07) is 0. The minimum atomic E-state index is 0. The Morgan fingerprint density at radius 1 is 1.00 bits per heavy atom. The Morgan fingerprint density at radius 2 is 1.00 bits per heavy atom. The first-order valence-corrected chi connectivity index (χ1v) is 0. The van der Waals surface area contributed by atoms with Crippen LogP contribution in [0.15, 0.2) is 0 Å². The van der Waals surface area contributed by atoms with Gasteiger partial charge in [0.25, 0.3) is 0 Å². The third-order valence-electron chi connectivity index (χ3n) is 0. The smallest absolute Gasteiger partial charge is 0.0149 e. The molecule has 0 nitrogen and oxygen atoms in total. The van der Waals surface area contributed by atoms with E-state index in [9.17, 15) is 0 Å². The van der Waals surface area contributed by atoms with Gasteiger partial charge in [-0.25, -0.2) is 0 Å². The molecule has 0 saturated carbocycles. The molecule has 0 bridgehead atoms. The summed E-state index contributed by atoms with van der Waals surface area (Å²) in [6.07, 6.45) is 0. The normalized spacial score (nSPS) is 0. The molecule has 0 N–H and O–H groups in total. The molecule has 0 heterocycles. The Hall–Kier alpha value is 2.06. The molecular weight excluding hydrogens is 251 g/mol. The minimum Gasteiger partial charge on any atom is -0.0149 e. The second kappa shape index (κ2) is 36.5. The number of hydrogen-bond donors (Lipinski definition) is 0. The molecule has 0 amide bonds. The number of hydrogen-bond acceptors (Lipinski definition) is 0. The second-order valence-corrected chi connectivity index (χ2v) is 0. The van der Waals surface area contributed by atoms with Gasteiger partial charge in [-0.3, -0.25) is 0 Å². The third kappa shape index (κ3) is 23.5. The van der Waals surface area contributed by atoms with Gasteiger partial charge in [0.15, 0.2) is 0 Å². The van der Waals surface area contributed by atoms with E-state index in [1.165, 1.54) is 0 Å². The average Bonchev–Trinajstić information content (AvgIpc) is 0. The van der Waals surface area contributed by atoms with E-state index in [1.807, 2.05) is 0 Å². The Bertz CT molecular complexity index is 11.6. The van der Waals surface area contributed by atoms with Crippen molar-refractivity contribution >= 4 is 19.4 Å². The van der Waals surface area contributed by atoms with E-state index in [0.717, 1.165) is 0 Å². The minimum absolute atomic E-state index is 0. The summed E-state index contributed by atoms with van der Waals surface area (Å²) in [6.45, 7) is 0. The third-order valence-corrected chi connectivity index (χ3v) is 0. The quantitative estimate of drug-likeness (QED) is 0.417. The molecule has 0 saturated heterocycles. The summed E-state index contributed by atoms with van der Waals surface area (Å²) in [5.41, 5.74) is 0.